The molecule has 1 heterocycles. The van der Waals surface area contributed by atoms with Gasteiger partial charge in [-0.05, 0) is 37.6 Å². The monoisotopic (exact) mass is 306 g/mol. The molecule has 0 amide bonds. The average molecular weight is 307 g/mol. The van der Waals surface area contributed by atoms with Gasteiger partial charge in [0.15, 0.2) is 0 Å². The lowest BCUT2D eigenvalue weighted by molar-refractivity contribution is 0.617. The van der Waals surface area contributed by atoms with Gasteiger partial charge >= 0.3 is 0 Å². The van der Waals surface area contributed by atoms with Crippen LogP contribution in [-0.2, 0) is 5.75 Å². The van der Waals surface area contributed by atoms with Crippen molar-refractivity contribution < 1.29 is 4.39 Å². The molecule has 0 aliphatic heterocycles. The molecule has 2 rings (SSSR count). The number of hydrogen-bond acceptors (Lipinski definition) is 3. The number of aromatic nitrogens is 1. The fourth-order valence-corrected chi connectivity index (χ4v) is 3.30. The first-order valence-electron chi connectivity index (χ1n) is 5.97. The first-order chi connectivity index (χ1) is 9.52. The first-order valence-corrected chi connectivity index (χ1v) is 7.33. The molecule has 1 aromatic heterocycles. The van der Waals surface area contributed by atoms with Gasteiger partial charge in [0.25, 0.3) is 0 Å². The maximum atomic E-state index is 13.7. The van der Waals surface area contributed by atoms with E-state index in [-0.39, 0.29) is 5.82 Å². The van der Waals surface area contributed by atoms with Crippen LogP contribution < -0.4 is 0 Å². The summed E-state index contributed by atoms with van der Waals surface area (Å²) in [6.07, 6.45) is 0. The minimum absolute atomic E-state index is 0.340. The molecular weight excluding hydrogens is 295 g/mol. The minimum atomic E-state index is -0.340. The van der Waals surface area contributed by atoms with Crippen molar-refractivity contribution in [3.05, 3.63) is 57.5 Å². The van der Waals surface area contributed by atoms with Gasteiger partial charge in [-0.25, -0.2) is 9.37 Å². The third kappa shape index (κ3) is 3.12. The van der Waals surface area contributed by atoms with Crippen molar-refractivity contribution in [2.45, 2.75) is 24.6 Å². The molecule has 0 radical (unpaired) electrons. The number of hydrogen-bond donors (Lipinski definition) is 0. The second-order valence-electron chi connectivity index (χ2n) is 4.36. The molecule has 0 aliphatic rings. The van der Waals surface area contributed by atoms with Crippen LogP contribution in [0.1, 0.15) is 22.4 Å². The number of halogens is 2. The predicted octanol–water partition coefficient (Wildman–Crippen LogP) is 4.65. The minimum Gasteiger partial charge on any atom is -0.245 e. The molecular formula is C15H12ClFN2S. The topological polar surface area (TPSA) is 36.7 Å². The van der Waals surface area contributed by atoms with Crippen LogP contribution >= 0.6 is 23.4 Å². The van der Waals surface area contributed by atoms with Crippen molar-refractivity contribution in [3.8, 4) is 6.07 Å². The Morgan fingerprint density at radius 2 is 2.15 bits per heavy atom. The molecule has 2 nitrogen and oxygen atoms in total. The Hall–Kier alpha value is -1.57. The van der Waals surface area contributed by atoms with Crippen LogP contribution in [-0.4, -0.2) is 4.98 Å². The Kier molecular flexibility index (Phi) is 4.64. The Bertz CT molecular complexity index is 675. The highest BCUT2D eigenvalue weighted by molar-refractivity contribution is 7.98. The van der Waals surface area contributed by atoms with Crippen LogP contribution in [0.4, 0.5) is 4.39 Å². The quantitative estimate of drug-likeness (QED) is 0.774. The predicted molar refractivity (Wildman–Crippen MR) is 79.4 cm³/mol. The van der Waals surface area contributed by atoms with E-state index in [1.807, 2.05) is 19.9 Å². The van der Waals surface area contributed by atoms with Crippen molar-refractivity contribution >= 4 is 23.4 Å². The fraction of sp³-hybridized carbons (Fsp3) is 0.200. The van der Waals surface area contributed by atoms with Crippen LogP contribution in [0.5, 0.6) is 0 Å². The smallest absolute Gasteiger partial charge is 0.128 e. The molecule has 0 saturated heterocycles. The number of pyridine rings is 1. The number of nitrogens with zero attached hydrogens (tertiary/aromatic N) is 2. The van der Waals surface area contributed by atoms with E-state index in [1.165, 1.54) is 17.8 Å². The SMILES string of the molecule is Cc1cc(C)c(C#N)c(SCc2c(F)cccc2Cl)n1. The molecule has 102 valence electrons. The molecule has 5 heteroatoms. The second-order valence-corrected chi connectivity index (χ2v) is 5.73. The van der Waals surface area contributed by atoms with Crippen molar-refractivity contribution in [3.63, 3.8) is 0 Å². The molecule has 2 aromatic rings. The zero-order valence-corrected chi connectivity index (χ0v) is 12.6. The van der Waals surface area contributed by atoms with Crippen LogP contribution in [0.15, 0.2) is 29.3 Å². The van der Waals surface area contributed by atoms with E-state index in [9.17, 15) is 9.65 Å². The molecule has 20 heavy (non-hydrogen) atoms. The number of aryl methyl sites for hydroxylation is 2. The lowest BCUT2D eigenvalue weighted by Gasteiger charge is -2.09. The van der Waals surface area contributed by atoms with Crippen molar-refractivity contribution in [2.24, 2.45) is 0 Å². The van der Waals surface area contributed by atoms with Gasteiger partial charge in [-0.15, -0.1) is 11.8 Å². The van der Waals surface area contributed by atoms with Gasteiger partial charge in [-0.1, -0.05) is 17.7 Å². The number of thioether (sulfide) groups is 1. The Balaban J connectivity index is 2.30. The molecule has 0 spiro atoms. The molecule has 0 fully saturated rings. The van der Waals surface area contributed by atoms with Crippen LogP contribution in [0.3, 0.4) is 0 Å². The van der Waals surface area contributed by atoms with E-state index in [1.54, 1.807) is 12.1 Å². The Labute approximate surface area is 126 Å². The van der Waals surface area contributed by atoms with Gasteiger partial charge in [0.05, 0.1) is 5.56 Å². The lowest BCUT2D eigenvalue weighted by atomic mass is 10.1. The summed E-state index contributed by atoms with van der Waals surface area (Å²) in [4.78, 5) is 4.35. The standard InChI is InChI=1S/C15H12ClFN2S/c1-9-6-10(2)19-15(11(9)7-18)20-8-12-13(16)4-3-5-14(12)17/h3-6H,8H2,1-2H3. The number of nitriles is 1. The van der Waals surface area contributed by atoms with E-state index in [0.29, 0.717) is 26.9 Å². The van der Waals surface area contributed by atoms with Gasteiger partial charge in [0.1, 0.15) is 16.9 Å². The highest BCUT2D eigenvalue weighted by atomic mass is 35.5. The average Bonchev–Trinajstić information content (AvgIpc) is 2.37. The fourth-order valence-electron chi connectivity index (χ4n) is 1.85. The molecule has 0 saturated carbocycles. The van der Waals surface area contributed by atoms with Crippen molar-refractivity contribution in [1.29, 1.82) is 5.26 Å². The van der Waals surface area contributed by atoms with Gasteiger partial charge < -0.3 is 0 Å². The van der Waals surface area contributed by atoms with E-state index < -0.39 is 0 Å². The molecule has 0 N–H and O–H groups in total. The van der Waals surface area contributed by atoms with Crippen LogP contribution in [0.25, 0.3) is 0 Å². The van der Waals surface area contributed by atoms with Crippen LogP contribution in [0.2, 0.25) is 5.02 Å². The van der Waals surface area contributed by atoms with Crippen molar-refractivity contribution in [2.75, 3.05) is 0 Å². The van der Waals surface area contributed by atoms with Gasteiger partial charge in [0.2, 0.25) is 0 Å². The van der Waals surface area contributed by atoms with E-state index >= 15 is 0 Å². The van der Waals surface area contributed by atoms with Gasteiger partial charge in [-0.2, -0.15) is 5.26 Å². The zero-order chi connectivity index (χ0) is 14.7. The zero-order valence-electron chi connectivity index (χ0n) is 11.1. The summed E-state index contributed by atoms with van der Waals surface area (Å²) < 4.78 is 13.7. The van der Waals surface area contributed by atoms with E-state index in [0.717, 1.165) is 11.3 Å². The Morgan fingerprint density at radius 1 is 1.40 bits per heavy atom. The number of benzene rings is 1. The summed E-state index contributed by atoms with van der Waals surface area (Å²) >= 11 is 7.32. The largest absolute Gasteiger partial charge is 0.245 e. The highest BCUT2D eigenvalue weighted by Gasteiger charge is 2.12. The highest BCUT2D eigenvalue weighted by Crippen LogP contribution is 2.30. The van der Waals surface area contributed by atoms with Crippen molar-refractivity contribution in [1.82, 2.24) is 4.98 Å². The second kappa shape index (κ2) is 6.25. The third-order valence-corrected chi connectivity index (χ3v) is 4.19. The summed E-state index contributed by atoms with van der Waals surface area (Å²) in [6.45, 7) is 3.74. The maximum absolute atomic E-state index is 13.7. The lowest BCUT2D eigenvalue weighted by Crippen LogP contribution is -1.96. The van der Waals surface area contributed by atoms with Gasteiger partial charge in [0, 0.05) is 22.0 Å². The summed E-state index contributed by atoms with van der Waals surface area (Å²) in [7, 11) is 0. The normalized spacial score (nSPS) is 10.3. The van der Waals surface area contributed by atoms with E-state index in [2.05, 4.69) is 11.1 Å². The first kappa shape index (κ1) is 14.8. The molecule has 1 aromatic carbocycles. The molecule has 0 unspecified atom stereocenters. The summed E-state index contributed by atoms with van der Waals surface area (Å²) in [5.74, 6) is 0.00341. The Morgan fingerprint density at radius 3 is 2.80 bits per heavy atom. The maximum Gasteiger partial charge on any atom is 0.128 e. The summed E-state index contributed by atoms with van der Waals surface area (Å²) in [6, 6.07) is 8.61. The van der Waals surface area contributed by atoms with E-state index in [4.69, 9.17) is 11.6 Å². The summed E-state index contributed by atoms with van der Waals surface area (Å²) in [5.41, 5.74) is 2.68. The molecule has 0 atom stereocenters. The molecule has 0 bridgehead atoms. The van der Waals surface area contributed by atoms with Gasteiger partial charge in [-0.3, -0.25) is 0 Å². The molecule has 0 aliphatic carbocycles. The third-order valence-electron chi connectivity index (χ3n) is 2.84. The summed E-state index contributed by atoms with van der Waals surface area (Å²) in [5, 5.41) is 10.2. The van der Waals surface area contributed by atoms with Crippen LogP contribution in [0, 0.1) is 31.0 Å². The number of rotatable bonds is 3.